The monoisotopic (exact) mass is 269 g/mol. The summed E-state index contributed by atoms with van der Waals surface area (Å²) in [7, 11) is 3.46. The maximum atomic E-state index is 10.2. The van der Waals surface area contributed by atoms with Crippen LogP contribution in [0.3, 0.4) is 0 Å². The van der Waals surface area contributed by atoms with Crippen LogP contribution >= 0.6 is 21.6 Å². The standard InChI is InChI=1S/C13H19NOS2/c1-11(2)14-10-12-4-6-13(7-5-12)17-16-9-3-8-15/h4-8,11,14H,3,9-10H2,1-2H3. The Labute approximate surface area is 111 Å². The minimum Gasteiger partial charge on any atom is -0.310 e. The summed E-state index contributed by atoms with van der Waals surface area (Å²) < 4.78 is 0. The lowest BCUT2D eigenvalue weighted by atomic mass is 10.2. The molecule has 0 aromatic heterocycles. The number of rotatable bonds is 8. The van der Waals surface area contributed by atoms with Gasteiger partial charge in [-0.1, -0.05) is 47.6 Å². The highest BCUT2D eigenvalue weighted by atomic mass is 33.1. The molecule has 0 radical (unpaired) electrons. The summed E-state index contributed by atoms with van der Waals surface area (Å²) in [6.07, 6.45) is 1.60. The zero-order valence-electron chi connectivity index (χ0n) is 10.3. The van der Waals surface area contributed by atoms with Crippen LogP contribution in [0.25, 0.3) is 0 Å². The molecule has 0 bridgehead atoms. The van der Waals surface area contributed by atoms with Gasteiger partial charge in [-0.15, -0.1) is 0 Å². The predicted octanol–water partition coefficient (Wildman–Crippen LogP) is 3.51. The third kappa shape index (κ3) is 6.76. The Hall–Kier alpha value is -0.450. The zero-order chi connectivity index (χ0) is 12.5. The second-order valence-corrected chi connectivity index (χ2v) is 6.53. The van der Waals surface area contributed by atoms with Crippen LogP contribution in [-0.4, -0.2) is 18.1 Å². The van der Waals surface area contributed by atoms with Crippen LogP contribution < -0.4 is 5.32 Å². The van der Waals surface area contributed by atoms with E-state index in [0.717, 1.165) is 18.6 Å². The molecule has 2 nitrogen and oxygen atoms in total. The number of hydrogen-bond acceptors (Lipinski definition) is 4. The van der Waals surface area contributed by atoms with Crippen molar-refractivity contribution >= 4 is 27.9 Å². The summed E-state index contributed by atoms with van der Waals surface area (Å²) in [5, 5.41) is 3.39. The molecule has 4 heteroatoms. The molecule has 0 aliphatic heterocycles. The lowest BCUT2D eigenvalue weighted by Gasteiger charge is -2.08. The molecular weight excluding hydrogens is 250 g/mol. The molecule has 0 heterocycles. The molecular formula is C13H19NOS2. The van der Waals surface area contributed by atoms with Gasteiger partial charge in [0.15, 0.2) is 0 Å². The average Bonchev–Trinajstić information content (AvgIpc) is 2.33. The highest BCUT2D eigenvalue weighted by Gasteiger charge is 1.97. The number of aldehydes is 1. The van der Waals surface area contributed by atoms with Gasteiger partial charge >= 0.3 is 0 Å². The van der Waals surface area contributed by atoms with E-state index in [4.69, 9.17) is 0 Å². The van der Waals surface area contributed by atoms with Gasteiger partial charge in [0.2, 0.25) is 0 Å². The summed E-state index contributed by atoms with van der Waals surface area (Å²) in [5.41, 5.74) is 1.31. The Balaban J connectivity index is 2.31. The van der Waals surface area contributed by atoms with Gasteiger partial charge in [0, 0.05) is 29.7 Å². The molecule has 0 aliphatic rings. The Morgan fingerprint density at radius 3 is 2.59 bits per heavy atom. The number of carbonyl (C=O) groups excluding carboxylic acids is 1. The minimum absolute atomic E-state index is 0.517. The Morgan fingerprint density at radius 2 is 2.00 bits per heavy atom. The quantitative estimate of drug-likeness (QED) is 0.444. The fourth-order valence-corrected chi connectivity index (χ4v) is 3.13. The van der Waals surface area contributed by atoms with Crippen molar-refractivity contribution in [3.8, 4) is 0 Å². The third-order valence-corrected chi connectivity index (χ3v) is 4.53. The second-order valence-electron chi connectivity index (χ2n) is 4.04. The summed E-state index contributed by atoms with van der Waals surface area (Å²) in [6.45, 7) is 5.21. The van der Waals surface area contributed by atoms with Crippen LogP contribution in [0.15, 0.2) is 29.2 Å². The molecule has 94 valence electrons. The number of carbonyl (C=O) groups is 1. The second kappa shape index (κ2) is 8.61. The van der Waals surface area contributed by atoms with E-state index in [9.17, 15) is 4.79 Å². The van der Waals surface area contributed by atoms with E-state index in [-0.39, 0.29) is 0 Å². The molecule has 0 saturated carbocycles. The number of hydrogen-bond donors (Lipinski definition) is 1. The van der Waals surface area contributed by atoms with Crippen LogP contribution in [0.4, 0.5) is 0 Å². The first-order valence-corrected chi connectivity index (χ1v) is 8.09. The van der Waals surface area contributed by atoms with Gasteiger partial charge in [0.1, 0.15) is 6.29 Å². The van der Waals surface area contributed by atoms with Crippen molar-refractivity contribution in [2.24, 2.45) is 0 Å². The van der Waals surface area contributed by atoms with Crippen LogP contribution in [0.5, 0.6) is 0 Å². The molecule has 0 amide bonds. The molecule has 17 heavy (non-hydrogen) atoms. The fourth-order valence-electron chi connectivity index (χ4n) is 1.19. The number of nitrogens with one attached hydrogen (secondary N) is 1. The first-order chi connectivity index (χ1) is 8.22. The summed E-state index contributed by atoms with van der Waals surface area (Å²) in [5.74, 6) is 0.880. The highest BCUT2D eigenvalue weighted by Crippen LogP contribution is 2.31. The van der Waals surface area contributed by atoms with E-state index in [2.05, 4.69) is 43.4 Å². The van der Waals surface area contributed by atoms with Gasteiger partial charge < -0.3 is 10.1 Å². The van der Waals surface area contributed by atoms with Crippen molar-refractivity contribution in [1.29, 1.82) is 0 Å². The van der Waals surface area contributed by atoms with Gasteiger partial charge in [0.05, 0.1) is 0 Å². The Bertz CT molecular complexity index is 325. The molecule has 0 fully saturated rings. The normalized spacial score (nSPS) is 10.8. The van der Waals surface area contributed by atoms with Crippen LogP contribution in [0, 0.1) is 0 Å². The van der Waals surface area contributed by atoms with Gasteiger partial charge in [-0.2, -0.15) is 0 Å². The SMILES string of the molecule is CC(C)NCc1ccc(SSCCC=O)cc1. The van der Waals surface area contributed by atoms with Crippen molar-refractivity contribution < 1.29 is 4.79 Å². The lowest BCUT2D eigenvalue weighted by molar-refractivity contribution is -0.107. The molecule has 0 unspecified atom stereocenters. The Kier molecular flexibility index (Phi) is 7.40. The number of benzene rings is 1. The molecule has 1 aromatic rings. The molecule has 0 saturated heterocycles. The van der Waals surface area contributed by atoms with E-state index in [0.29, 0.717) is 12.5 Å². The molecule has 1 rings (SSSR count). The van der Waals surface area contributed by atoms with Crippen LogP contribution in [-0.2, 0) is 11.3 Å². The maximum absolute atomic E-state index is 10.2. The smallest absolute Gasteiger partial charge is 0.120 e. The van der Waals surface area contributed by atoms with E-state index in [1.807, 2.05) is 0 Å². The van der Waals surface area contributed by atoms with Gasteiger partial charge in [0.25, 0.3) is 0 Å². The maximum Gasteiger partial charge on any atom is 0.120 e. The van der Waals surface area contributed by atoms with Crippen LogP contribution in [0.1, 0.15) is 25.8 Å². The minimum atomic E-state index is 0.517. The van der Waals surface area contributed by atoms with E-state index in [1.165, 1.54) is 10.5 Å². The van der Waals surface area contributed by atoms with Crippen molar-refractivity contribution in [2.75, 3.05) is 5.75 Å². The fraction of sp³-hybridized carbons (Fsp3) is 0.462. The van der Waals surface area contributed by atoms with E-state index >= 15 is 0 Å². The van der Waals surface area contributed by atoms with Gasteiger partial charge in [-0.3, -0.25) is 0 Å². The van der Waals surface area contributed by atoms with Crippen molar-refractivity contribution in [3.05, 3.63) is 29.8 Å². The molecule has 0 atom stereocenters. The van der Waals surface area contributed by atoms with E-state index < -0.39 is 0 Å². The molecule has 0 spiro atoms. The van der Waals surface area contributed by atoms with Gasteiger partial charge in [-0.25, -0.2) is 0 Å². The first-order valence-electron chi connectivity index (χ1n) is 5.78. The topological polar surface area (TPSA) is 29.1 Å². The molecule has 1 N–H and O–H groups in total. The summed E-state index contributed by atoms with van der Waals surface area (Å²) >= 11 is 0. The van der Waals surface area contributed by atoms with Crippen molar-refractivity contribution in [3.63, 3.8) is 0 Å². The largest absolute Gasteiger partial charge is 0.310 e. The van der Waals surface area contributed by atoms with Crippen molar-refractivity contribution in [1.82, 2.24) is 5.32 Å². The highest BCUT2D eigenvalue weighted by molar-refractivity contribution is 8.76. The third-order valence-electron chi connectivity index (χ3n) is 2.11. The van der Waals surface area contributed by atoms with E-state index in [1.54, 1.807) is 21.6 Å². The molecule has 0 aliphatic carbocycles. The molecule has 1 aromatic carbocycles. The first kappa shape index (κ1) is 14.6. The summed E-state index contributed by atoms with van der Waals surface area (Å²) in [4.78, 5) is 11.4. The van der Waals surface area contributed by atoms with Gasteiger partial charge in [-0.05, 0) is 17.7 Å². The van der Waals surface area contributed by atoms with Crippen LogP contribution in [0.2, 0.25) is 0 Å². The lowest BCUT2D eigenvalue weighted by Crippen LogP contribution is -2.21. The van der Waals surface area contributed by atoms with Crippen molar-refractivity contribution in [2.45, 2.75) is 37.8 Å². The summed E-state index contributed by atoms with van der Waals surface area (Å²) in [6, 6.07) is 9.09. The predicted molar refractivity (Wildman–Crippen MR) is 77.4 cm³/mol. The Morgan fingerprint density at radius 1 is 1.29 bits per heavy atom. The average molecular weight is 269 g/mol. The zero-order valence-corrected chi connectivity index (χ0v) is 11.9.